The largest absolute Gasteiger partial charge is 0.511 e. The number of nitrogens with one attached hydrogen (secondary N) is 1. The highest BCUT2D eigenvalue weighted by molar-refractivity contribution is 6.24. The van der Waals surface area contributed by atoms with E-state index in [9.17, 15) is 52.8 Å². The minimum Gasteiger partial charge on any atom is -0.511 e. The van der Waals surface area contributed by atoms with Gasteiger partial charge in [-0.15, -0.1) is 0 Å². The minimum atomic E-state index is -5.10. The van der Waals surface area contributed by atoms with E-state index in [0.717, 1.165) is 0 Å². The van der Waals surface area contributed by atoms with Crippen LogP contribution in [-0.2, 0) is 27.3 Å². The molecule has 5 rings (SSSR count). The van der Waals surface area contributed by atoms with E-state index in [-0.39, 0.29) is 48.3 Å². The fourth-order valence-corrected chi connectivity index (χ4v) is 6.35. The lowest BCUT2D eigenvalue weighted by Crippen LogP contribution is -2.57. The number of hydrogen-bond donors (Lipinski definition) is 6. The highest BCUT2D eigenvalue weighted by Gasteiger charge is 2.59. The highest BCUT2D eigenvalue weighted by atomic mass is 19.4. The summed E-state index contributed by atoms with van der Waals surface area (Å²) in [5.74, 6) is -9.44. The summed E-state index contributed by atoms with van der Waals surface area (Å²) in [5, 5.41) is 45.4. The molecule has 0 unspecified atom stereocenters. The summed E-state index contributed by atoms with van der Waals surface area (Å²) in [7, 11) is 0. The van der Waals surface area contributed by atoms with Crippen LogP contribution in [0.4, 0.5) is 13.2 Å². The van der Waals surface area contributed by atoms with Crippen molar-refractivity contribution in [2.45, 2.75) is 44.5 Å². The summed E-state index contributed by atoms with van der Waals surface area (Å²) < 4.78 is 43.9. The highest BCUT2D eigenvalue weighted by Crippen LogP contribution is 2.52. The smallest absolute Gasteiger partial charge is 0.471 e. The number of primary amides is 1. The van der Waals surface area contributed by atoms with Gasteiger partial charge in [0.05, 0.1) is 12.2 Å². The van der Waals surface area contributed by atoms with Crippen molar-refractivity contribution in [3.8, 4) is 22.6 Å². The molecule has 3 aliphatic rings. The van der Waals surface area contributed by atoms with Gasteiger partial charge in [-0.05, 0) is 60.6 Å². The van der Waals surface area contributed by atoms with Crippen LogP contribution in [0.1, 0.15) is 41.3 Å². The van der Waals surface area contributed by atoms with Gasteiger partial charge >= 0.3 is 12.1 Å². The fourth-order valence-electron chi connectivity index (χ4n) is 6.35. The number of hydrogen-bond acceptors (Lipinski definition) is 9. The lowest BCUT2D eigenvalue weighted by atomic mass is 9.60. The second-order valence-electron chi connectivity index (χ2n) is 10.8. The van der Waals surface area contributed by atoms with Crippen LogP contribution in [0.25, 0.3) is 11.1 Å². The van der Waals surface area contributed by atoms with Crippen LogP contribution in [0.2, 0.25) is 0 Å². The number of rotatable bonds is 6. The number of aliphatic hydroxyl groups is 3. The molecule has 0 spiro atoms. The molecule has 0 aromatic heterocycles. The number of halogens is 3. The molecule has 3 atom stereocenters. The van der Waals surface area contributed by atoms with Crippen LogP contribution in [0.15, 0.2) is 53.0 Å². The Labute approximate surface area is 247 Å². The average molecular weight is 617 g/mol. The van der Waals surface area contributed by atoms with Crippen molar-refractivity contribution in [3.63, 3.8) is 0 Å². The van der Waals surface area contributed by atoms with Crippen molar-refractivity contribution < 1.29 is 57.5 Å². The number of allylic oxidation sites excluding steroid dienone is 2. The molecule has 0 bridgehead atoms. The van der Waals surface area contributed by atoms with E-state index in [2.05, 4.69) is 0 Å². The number of amides is 2. The van der Waals surface area contributed by atoms with E-state index in [1.165, 1.54) is 24.3 Å². The Kier molecular flexibility index (Phi) is 7.44. The van der Waals surface area contributed by atoms with Crippen LogP contribution in [0.3, 0.4) is 0 Å². The van der Waals surface area contributed by atoms with E-state index < -0.39 is 76.4 Å². The topological polar surface area (TPSA) is 196 Å². The molecule has 0 fully saturated rings. The van der Waals surface area contributed by atoms with Gasteiger partial charge in [0.1, 0.15) is 28.6 Å². The number of ether oxygens (including phenoxy) is 1. The van der Waals surface area contributed by atoms with Crippen molar-refractivity contribution in [3.05, 3.63) is 69.7 Å². The van der Waals surface area contributed by atoms with Gasteiger partial charge in [0.15, 0.2) is 11.4 Å². The number of nitrogens with two attached hydrogens (primary N) is 1. The van der Waals surface area contributed by atoms with Gasteiger partial charge < -0.3 is 36.2 Å². The SMILES string of the molecule is CCOc1ccc(-c2ccc(O)c3c2C[C@H]2C[C@H]4CC(O)=C(C(N)=O)C(=O)[C@@]4(O)C(O)=C2C3=O)cc1CNC(=O)C(F)(F)F. The summed E-state index contributed by atoms with van der Waals surface area (Å²) in [4.78, 5) is 50.2. The first-order chi connectivity index (χ1) is 20.6. The zero-order valence-electron chi connectivity index (χ0n) is 23.1. The van der Waals surface area contributed by atoms with E-state index in [1.54, 1.807) is 13.0 Å². The molecular weight excluding hydrogens is 589 g/mol. The Balaban J connectivity index is 1.59. The Bertz CT molecular complexity index is 1690. The Morgan fingerprint density at radius 2 is 1.82 bits per heavy atom. The summed E-state index contributed by atoms with van der Waals surface area (Å²) in [6.45, 7) is 1.33. The number of carbonyl (C=O) groups excluding carboxylic acids is 4. The third kappa shape index (κ3) is 4.75. The number of fused-ring (bicyclic) bond motifs is 3. The Hall–Kier alpha value is -4.85. The maximum absolute atomic E-state index is 13.8. The molecule has 2 amide bonds. The summed E-state index contributed by atoms with van der Waals surface area (Å²) in [6.07, 6.45) is -5.53. The molecule has 0 saturated heterocycles. The van der Waals surface area contributed by atoms with Crippen molar-refractivity contribution in [1.29, 1.82) is 0 Å². The van der Waals surface area contributed by atoms with Gasteiger partial charge in [0.25, 0.3) is 5.91 Å². The molecule has 2 aromatic carbocycles. The quantitative estimate of drug-likeness (QED) is 0.265. The van der Waals surface area contributed by atoms with Crippen molar-refractivity contribution in [2.24, 2.45) is 17.6 Å². The fraction of sp³-hybridized carbons (Fsp3) is 0.333. The number of benzene rings is 2. The van der Waals surface area contributed by atoms with Gasteiger partial charge in [-0.25, -0.2) is 0 Å². The van der Waals surface area contributed by atoms with Gasteiger partial charge in [0, 0.05) is 30.0 Å². The summed E-state index contributed by atoms with van der Waals surface area (Å²) in [5.41, 5.74) is 2.45. The van der Waals surface area contributed by atoms with Crippen molar-refractivity contribution in [1.82, 2.24) is 5.32 Å². The van der Waals surface area contributed by atoms with Crippen molar-refractivity contribution >= 4 is 23.4 Å². The van der Waals surface area contributed by atoms with Crippen LogP contribution in [0, 0.1) is 11.8 Å². The molecule has 0 saturated carbocycles. The molecule has 0 heterocycles. The van der Waals surface area contributed by atoms with E-state index in [4.69, 9.17) is 10.5 Å². The van der Waals surface area contributed by atoms with Gasteiger partial charge in [0.2, 0.25) is 5.78 Å². The first kappa shape index (κ1) is 30.6. The lowest BCUT2D eigenvalue weighted by molar-refractivity contribution is -0.173. The van der Waals surface area contributed by atoms with Crippen LogP contribution >= 0.6 is 0 Å². The van der Waals surface area contributed by atoms with E-state index >= 15 is 0 Å². The van der Waals surface area contributed by atoms with Gasteiger partial charge in [-0.1, -0.05) is 12.1 Å². The Morgan fingerprint density at radius 1 is 1.11 bits per heavy atom. The molecule has 11 nitrogen and oxygen atoms in total. The normalized spacial score (nSPS) is 23.1. The predicted molar refractivity (Wildman–Crippen MR) is 145 cm³/mol. The summed E-state index contributed by atoms with van der Waals surface area (Å²) in [6, 6.07) is 7.28. The molecular formula is C30H27F3N2O9. The number of aromatic hydroxyl groups is 1. The number of aliphatic hydroxyl groups excluding tert-OH is 2. The molecule has 14 heteroatoms. The standard InChI is InChI=1S/C30H27F3N2O9/c1-2-44-20-6-3-12(7-14(20)11-35-28(42)30(31,32)33)16-4-5-18(36)22-17(16)9-13-8-15-10-19(37)23(27(34)41)26(40)29(15,43)25(39)21(13)24(22)38/h3-7,13,15,36-37,39,43H,2,8-11H2,1H3,(H2,34,41)(H,35,42)/t13-,15+,29+/m1/s1. The minimum absolute atomic E-state index is 0.0193. The zero-order chi connectivity index (χ0) is 32.3. The number of alkyl halides is 3. The molecule has 44 heavy (non-hydrogen) atoms. The van der Waals surface area contributed by atoms with Crippen LogP contribution in [0.5, 0.6) is 11.5 Å². The second kappa shape index (κ2) is 10.7. The summed E-state index contributed by atoms with van der Waals surface area (Å²) >= 11 is 0. The molecule has 232 valence electrons. The van der Waals surface area contributed by atoms with Crippen LogP contribution in [-0.4, -0.2) is 62.2 Å². The first-order valence-electron chi connectivity index (χ1n) is 13.5. The molecule has 0 radical (unpaired) electrons. The van der Waals surface area contributed by atoms with E-state index in [0.29, 0.717) is 16.7 Å². The predicted octanol–water partition coefficient (Wildman–Crippen LogP) is 2.82. The maximum atomic E-state index is 13.8. The number of ketones is 2. The first-order valence-corrected chi connectivity index (χ1v) is 13.5. The van der Waals surface area contributed by atoms with Gasteiger partial charge in [-0.2, -0.15) is 13.2 Å². The number of phenolic OH excluding ortho intramolecular Hbond substituents is 1. The lowest BCUT2D eigenvalue weighted by Gasteiger charge is -2.45. The zero-order valence-corrected chi connectivity index (χ0v) is 23.1. The number of phenols is 1. The third-order valence-corrected chi connectivity index (χ3v) is 8.31. The monoisotopic (exact) mass is 616 g/mol. The number of carbonyl (C=O) groups is 4. The second-order valence-corrected chi connectivity index (χ2v) is 10.8. The third-order valence-electron chi connectivity index (χ3n) is 8.31. The molecule has 7 N–H and O–H groups in total. The van der Waals surface area contributed by atoms with Crippen molar-refractivity contribution in [2.75, 3.05) is 6.61 Å². The van der Waals surface area contributed by atoms with Gasteiger partial charge in [-0.3, -0.25) is 19.2 Å². The number of Topliss-reactive ketones (excluding diaryl/α,β-unsaturated/α-hetero) is 2. The average Bonchev–Trinajstić information content (AvgIpc) is 2.94. The Morgan fingerprint density at radius 3 is 2.45 bits per heavy atom. The molecule has 2 aromatic rings. The molecule has 3 aliphatic carbocycles. The van der Waals surface area contributed by atoms with Crippen LogP contribution < -0.4 is 15.8 Å². The van der Waals surface area contributed by atoms with E-state index in [1.807, 2.05) is 5.32 Å². The maximum Gasteiger partial charge on any atom is 0.471 e. The molecule has 0 aliphatic heterocycles.